The van der Waals surface area contributed by atoms with Gasteiger partial charge < -0.3 is 153 Å². The number of nitrogens with two attached hydrogens (primary N) is 2. The van der Waals surface area contributed by atoms with Crippen molar-refractivity contribution >= 4 is 82.1 Å². The zero-order chi connectivity index (χ0) is 90.9. The van der Waals surface area contributed by atoms with Gasteiger partial charge in [-0.25, -0.2) is 4.79 Å². The van der Waals surface area contributed by atoms with Gasteiger partial charge in [0.05, 0.1) is 47.0 Å². The molecule has 1 aromatic heterocycles. The normalized spacial score (nSPS) is 29.6. The number of nitrogens with zero attached hydrogens (tertiary/aromatic N) is 1. The molecule has 15 rings (SSSR count). The summed E-state index contributed by atoms with van der Waals surface area (Å²) in [5.41, 5.74) is 10.2. The van der Waals surface area contributed by atoms with Crippen LogP contribution in [0, 0.1) is 5.92 Å². The second kappa shape index (κ2) is 38.8. The Morgan fingerprint density at radius 2 is 1.28 bits per heavy atom. The number of fused-ring (bicyclic) bond motifs is 15. The van der Waals surface area contributed by atoms with Gasteiger partial charge >= 0.3 is 5.97 Å². The molecule has 3 saturated heterocycles. The largest absolute Gasteiger partial charge is 0.508 e. The number of likely N-dealkylation sites (N-methyl/N-ethyl adjacent to an activating group) is 1. The molecule has 11 bridgehead atoms. The minimum absolute atomic E-state index is 0.0985. The lowest BCUT2D eigenvalue weighted by Crippen LogP contribution is -2.65. The fourth-order valence-electron chi connectivity index (χ4n) is 15.7. The molecular formula is C84H94Cl3N11O28. The van der Waals surface area contributed by atoms with E-state index in [1.54, 1.807) is 38.2 Å². The molecule has 126 heavy (non-hydrogen) atoms. The number of benzene rings is 6. The van der Waals surface area contributed by atoms with Crippen molar-refractivity contribution < 1.29 is 138 Å². The van der Waals surface area contributed by atoms with Crippen molar-refractivity contribution in [3.05, 3.63) is 170 Å². The van der Waals surface area contributed by atoms with Crippen LogP contribution >= 0.6 is 34.8 Å². The Morgan fingerprint density at radius 3 is 1.90 bits per heavy atom. The molecule has 8 aliphatic rings. The number of aromatic nitrogens is 1. The Kier molecular flexibility index (Phi) is 28.6. The van der Waals surface area contributed by atoms with E-state index in [9.17, 15) is 75.7 Å². The zero-order valence-electron chi connectivity index (χ0n) is 67.7. The first-order valence-corrected chi connectivity index (χ1v) is 41.0. The van der Waals surface area contributed by atoms with Gasteiger partial charge in [-0.1, -0.05) is 85.0 Å². The third kappa shape index (κ3) is 20.3. The van der Waals surface area contributed by atoms with Crippen LogP contribution in [-0.4, -0.2) is 243 Å². The zero-order valence-corrected chi connectivity index (χ0v) is 70.0. The van der Waals surface area contributed by atoms with Crippen molar-refractivity contribution in [2.75, 3.05) is 20.2 Å². The molecule has 0 saturated carbocycles. The van der Waals surface area contributed by atoms with Crippen LogP contribution in [0.5, 0.6) is 46.0 Å². The maximum atomic E-state index is 16.4. The summed E-state index contributed by atoms with van der Waals surface area (Å²) < 4.78 is 51.2. The highest BCUT2D eigenvalue weighted by Gasteiger charge is 2.53. The average molecular weight is 1810 g/mol. The van der Waals surface area contributed by atoms with E-state index in [4.69, 9.17) is 84.2 Å². The third-order valence-electron chi connectivity index (χ3n) is 22.3. The maximum absolute atomic E-state index is 16.4. The second-order valence-corrected chi connectivity index (χ2v) is 33.3. The lowest BCUT2D eigenvalue weighted by Gasteiger charge is -2.46. The summed E-state index contributed by atoms with van der Waals surface area (Å²) in [5, 5.41) is 160. The molecule has 6 aromatic carbocycles. The van der Waals surface area contributed by atoms with Gasteiger partial charge in [0.25, 0.3) is 0 Å². The van der Waals surface area contributed by atoms with Crippen molar-refractivity contribution in [3.63, 3.8) is 0 Å². The van der Waals surface area contributed by atoms with Crippen LogP contribution in [-0.2, 0) is 68.6 Å². The molecule has 39 nitrogen and oxygen atoms in total. The Hall–Kier alpha value is -10.7. The van der Waals surface area contributed by atoms with Gasteiger partial charge in [-0.15, -0.1) is 0 Å². The van der Waals surface area contributed by atoms with Crippen LogP contribution in [0.3, 0.4) is 0 Å². The minimum atomic E-state index is -2.43. The van der Waals surface area contributed by atoms with Crippen LogP contribution in [0.15, 0.2) is 121 Å². The van der Waals surface area contributed by atoms with Crippen molar-refractivity contribution in [1.82, 2.24) is 47.5 Å². The molecule has 0 spiro atoms. The van der Waals surface area contributed by atoms with E-state index < -0.39 is 284 Å². The van der Waals surface area contributed by atoms with Crippen molar-refractivity contribution in [2.24, 2.45) is 17.4 Å². The number of phenols is 3. The predicted octanol–water partition coefficient (Wildman–Crippen LogP) is 1.44. The molecule has 7 aromatic rings. The van der Waals surface area contributed by atoms with E-state index in [1.807, 2.05) is 18.2 Å². The number of carbonyl (C=O) groups excluding carboxylic acids is 7. The van der Waals surface area contributed by atoms with Crippen LogP contribution in [0.2, 0.25) is 15.1 Å². The van der Waals surface area contributed by atoms with Gasteiger partial charge in [0.15, 0.2) is 30.1 Å². The van der Waals surface area contributed by atoms with Gasteiger partial charge in [-0.2, -0.15) is 0 Å². The van der Waals surface area contributed by atoms with Crippen molar-refractivity contribution in [1.29, 1.82) is 0 Å². The lowest BCUT2D eigenvalue weighted by atomic mass is 9.86. The molecule has 0 radical (unpaired) electrons. The molecule has 674 valence electrons. The molecule has 7 amide bonds. The fourth-order valence-corrected chi connectivity index (χ4v) is 16.3. The molecular weight excluding hydrogens is 1720 g/mol. The van der Waals surface area contributed by atoms with Gasteiger partial charge in [-0.3, -0.25) is 38.5 Å². The Balaban J connectivity index is 0.962. The third-order valence-corrected chi connectivity index (χ3v) is 23.2. The number of nitrogens with one attached hydrogen (secondary N) is 8. The summed E-state index contributed by atoms with van der Waals surface area (Å²) in [4.78, 5) is 125. The van der Waals surface area contributed by atoms with Crippen LogP contribution < -0.4 is 68.2 Å². The second-order valence-electron chi connectivity index (χ2n) is 32.0. The number of aromatic hydroxyl groups is 3. The first-order chi connectivity index (χ1) is 59.8. The van der Waals surface area contributed by atoms with Crippen LogP contribution in [0.1, 0.15) is 111 Å². The number of carboxylic acids is 1. The van der Waals surface area contributed by atoms with E-state index in [2.05, 4.69) is 47.5 Å². The number of aliphatic carboxylic acids is 1. The summed E-state index contributed by atoms with van der Waals surface area (Å²) in [6.45, 7) is 5.29. The molecule has 0 aliphatic carbocycles. The number of hydrogen-bond donors (Lipinski definition) is 22. The number of amides is 7. The summed E-state index contributed by atoms with van der Waals surface area (Å²) >= 11 is 20.6. The Labute approximate surface area is 732 Å². The van der Waals surface area contributed by atoms with E-state index in [-0.39, 0.29) is 43.0 Å². The minimum Gasteiger partial charge on any atom is -0.508 e. The van der Waals surface area contributed by atoms with E-state index in [0.29, 0.717) is 10.7 Å². The summed E-state index contributed by atoms with van der Waals surface area (Å²) in [6, 6.07) is 9.62. The number of hydrogen-bond acceptors (Lipinski definition) is 31. The number of carbonyl (C=O) groups is 8. The number of pyridine rings is 1. The summed E-state index contributed by atoms with van der Waals surface area (Å²) in [5.74, 6) is -16.7. The highest BCUT2D eigenvalue weighted by atomic mass is 35.5. The Morgan fingerprint density at radius 1 is 0.651 bits per heavy atom. The molecule has 23 atom stereocenters. The molecule has 3 fully saturated rings. The quantitative estimate of drug-likeness (QED) is 0.0513. The monoisotopic (exact) mass is 1810 g/mol. The number of aliphatic hydroxyl groups is 8. The molecule has 24 N–H and O–H groups in total. The first-order valence-electron chi connectivity index (χ1n) is 39.8. The number of aliphatic hydroxyl groups excluding tert-OH is 8. The molecule has 42 heteroatoms. The van der Waals surface area contributed by atoms with Gasteiger partial charge in [-0.05, 0) is 134 Å². The highest BCUT2D eigenvalue weighted by Crippen LogP contribution is 2.50. The van der Waals surface area contributed by atoms with Crippen molar-refractivity contribution in [2.45, 2.75) is 193 Å². The van der Waals surface area contributed by atoms with Gasteiger partial charge in [0, 0.05) is 64.6 Å². The van der Waals surface area contributed by atoms with Gasteiger partial charge in [0.1, 0.15) is 120 Å². The Bertz CT molecular complexity index is 5260. The van der Waals surface area contributed by atoms with Crippen LogP contribution in [0.25, 0.3) is 22.3 Å². The average Bonchev–Trinajstić information content (AvgIpc) is 0.761. The first kappa shape index (κ1) is 92.9. The smallest absolute Gasteiger partial charge is 0.330 e. The fraction of sp³-hybridized carbons (Fsp3) is 0.417. The van der Waals surface area contributed by atoms with E-state index >= 15 is 24.0 Å². The summed E-state index contributed by atoms with van der Waals surface area (Å²) in [7, 11) is 1.46. The number of ether oxygens (including phenoxy) is 8. The van der Waals surface area contributed by atoms with E-state index in [0.717, 1.165) is 77.9 Å². The SMILES string of the molecule is CN[C@H](CC(C)C)C(=O)NC1C(=O)N[C@@H](CC(N)=O)C(=O)N[C@H]2C(=O)N[C@H]3C(=O)N[C@H](C(=O)N[C@@H](C(=O)O)c4cc(O)cc(O)c4-c4cc3ccc4O)[C@H](O[C@H]3C[C@](C)(N)[C@@H](O)[C@H](C)O3)c3ccc(c(Cl)c3)Oc3cc2cc(c3O[C@@H]2O[C@H](CO)[C@@H](O[C@@H]3O[C@H](CNCc4ccc(-c5ccc(Cl)cc5)cn4)[C@H](O)[C@H](O)[C@H]3O)[C@H](O)[C@H]2O)Oc2ccc(cc2Cl)[C@H]1O. The molecule has 9 heterocycles. The molecule has 8 aliphatic heterocycles. The lowest BCUT2D eigenvalue weighted by molar-refractivity contribution is -0.350. The number of halogens is 3. The van der Waals surface area contributed by atoms with Gasteiger partial charge in [0.2, 0.25) is 53.4 Å². The van der Waals surface area contributed by atoms with E-state index in [1.165, 1.54) is 33.0 Å². The summed E-state index contributed by atoms with van der Waals surface area (Å²) in [6.07, 6.45) is -27.6. The number of rotatable bonds is 20. The number of carboxylic acid groups (broad SMARTS) is 1. The molecule has 1 unspecified atom stereocenters. The number of phenolic OH excluding ortho intramolecular Hbond substituents is 3. The van der Waals surface area contributed by atoms with Crippen molar-refractivity contribution in [3.8, 4) is 68.2 Å². The standard InChI is InChI=1S/C84H94Cl3N11O28/c1-32(2)18-47(90-5)75(111)97-63-65(104)36-10-16-51(45(86)20-36)120-53-22-39-23-54(72(53)125-83-70(109)68(107)73(56(31-99)123-83)126-82-69(108)67(106)66(105)55(122-82)30-91-29-41-14-8-38(28-92-41)34-6-12-40(85)13-7-34)121-52-17-11-37(21-46(52)87)71(124-58-27-84(4,89)74(110)33(3)119-58)64-80(116)96-62(81(117)118)44-24-42(100)25-50(102)59(44)43-19-35(9-15-49(43)101)60(77(113)98-64)95-78(114)61(39)94-76(112)48(26-57(88)103)93-79(63)115/h6-17,19-25,28,32-33,47-48,55-56,58,60-71,73-74,82-83,90-91,99-102,104-110H,18,26-27,29-31,89H2,1-5H3,(H2,88,103)(H,93,115)(H,94,112)(H,95,114)(H,96,116)(H,97,111)(H,98,113)(H,117,118)/t33-,47+,48-,55+,56+,58-,60+,61+,62+,63?,64-,65+,66-,67-,68+,69+,70+,71+,73+,74-,82-,83-,84-/m0/s1. The van der Waals surface area contributed by atoms with Crippen LogP contribution in [0.4, 0.5) is 0 Å². The highest BCUT2D eigenvalue weighted by molar-refractivity contribution is 6.32. The maximum Gasteiger partial charge on any atom is 0.330 e. The predicted molar refractivity (Wildman–Crippen MR) is 441 cm³/mol. The topological polar surface area (TPSA) is 614 Å². The number of primary amides is 1.